The molecule has 0 fully saturated rings. The van der Waals surface area contributed by atoms with Crippen molar-refractivity contribution in [3.63, 3.8) is 0 Å². The zero-order valence-electron chi connectivity index (χ0n) is 18.3. The highest BCUT2D eigenvalue weighted by molar-refractivity contribution is 5.82. The molecular weight excluding hydrogens is 406 g/mol. The number of carboxylic acids is 1. The molecule has 0 aliphatic carbocycles. The first kappa shape index (κ1) is 21.7. The van der Waals surface area contributed by atoms with Gasteiger partial charge in [-0.15, -0.1) is 0 Å². The van der Waals surface area contributed by atoms with Crippen LogP contribution in [0.4, 0.5) is 0 Å². The maximum atomic E-state index is 11.3. The number of fused-ring (bicyclic) bond motifs is 1. The molecule has 1 atom stereocenters. The number of furan rings is 1. The number of hydrogen-bond donors (Lipinski definition) is 1. The Balaban J connectivity index is 1.39. The molecule has 6 heteroatoms. The van der Waals surface area contributed by atoms with Gasteiger partial charge in [0.1, 0.15) is 17.9 Å². The number of aromatic nitrogens is 1. The van der Waals surface area contributed by atoms with E-state index in [-0.39, 0.29) is 0 Å². The summed E-state index contributed by atoms with van der Waals surface area (Å²) in [5, 5.41) is 10.3. The predicted octanol–water partition coefficient (Wildman–Crippen LogP) is 5.32. The van der Waals surface area contributed by atoms with Crippen LogP contribution in [-0.2, 0) is 22.5 Å². The summed E-state index contributed by atoms with van der Waals surface area (Å²) in [6.07, 6.45) is -0.507. The minimum atomic E-state index is -0.950. The highest BCUT2D eigenvalue weighted by Gasteiger charge is 2.18. The summed E-state index contributed by atoms with van der Waals surface area (Å²) in [4.78, 5) is 11.3. The molecule has 4 aromatic rings. The minimum Gasteiger partial charge on any atom is -0.492 e. The standard InChI is InChI=1S/C26H27NO5/c1-3-30-25(26(28)29)16-19-9-11-21(12-10-19)31-15-14-27-18(2)8-13-22(27)24-17-20-6-4-5-7-23(20)32-24/h4-13,17,25H,3,14-16H2,1-2H3,(H,28,29). The number of hydrogen-bond acceptors (Lipinski definition) is 4. The minimum absolute atomic E-state index is 0.326. The van der Waals surface area contributed by atoms with Crippen LogP contribution in [0.2, 0.25) is 0 Å². The summed E-state index contributed by atoms with van der Waals surface area (Å²) in [6.45, 7) is 5.40. The number of ether oxygens (including phenoxy) is 2. The number of carbonyl (C=O) groups is 1. The third-order valence-corrected chi connectivity index (χ3v) is 5.45. The van der Waals surface area contributed by atoms with E-state index in [1.54, 1.807) is 6.92 Å². The third-order valence-electron chi connectivity index (χ3n) is 5.45. The number of aliphatic carboxylic acids is 1. The topological polar surface area (TPSA) is 73.8 Å². The SMILES string of the molecule is CCOC(Cc1ccc(OCCn2c(C)ccc2-c2cc3ccccc3o2)cc1)C(=O)O. The van der Waals surface area contributed by atoms with Crippen LogP contribution in [0.25, 0.3) is 22.4 Å². The van der Waals surface area contributed by atoms with Crippen LogP contribution in [0.3, 0.4) is 0 Å². The maximum Gasteiger partial charge on any atom is 0.333 e. The molecule has 0 spiro atoms. The second-order valence-corrected chi connectivity index (χ2v) is 7.64. The van der Waals surface area contributed by atoms with Crippen molar-refractivity contribution >= 4 is 16.9 Å². The zero-order valence-corrected chi connectivity index (χ0v) is 18.3. The van der Waals surface area contributed by atoms with Gasteiger partial charge in [-0.25, -0.2) is 4.79 Å². The van der Waals surface area contributed by atoms with Crippen LogP contribution >= 0.6 is 0 Å². The van der Waals surface area contributed by atoms with Crippen molar-refractivity contribution in [1.82, 2.24) is 4.57 Å². The van der Waals surface area contributed by atoms with Gasteiger partial charge in [-0.3, -0.25) is 0 Å². The van der Waals surface area contributed by atoms with Crippen molar-refractivity contribution in [1.29, 1.82) is 0 Å². The Kier molecular flexibility index (Phi) is 6.61. The predicted molar refractivity (Wildman–Crippen MR) is 123 cm³/mol. The fourth-order valence-corrected chi connectivity index (χ4v) is 3.80. The van der Waals surface area contributed by atoms with E-state index in [4.69, 9.17) is 13.9 Å². The van der Waals surface area contributed by atoms with Crippen LogP contribution in [0, 0.1) is 6.92 Å². The van der Waals surface area contributed by atoms with Gasteiger partial charge < -0.3 is 23.6 Å². The average Bonchev–Trinajstić information content (AvgIpc) is 3.38. The van der Waals surface area contributed by atoms with Gasteiger partial charge in [-0.1, -0.05) is 30.3 Å². The maximum absolute atomic E-state index is 11.3. The number of para-hydroxylation sites is 1. The molecule has 0 saturated heterocycles. The van der Waals surface area contributed by atoms with Gasteiger partial charge >= 0.3 is 5.97 Å². The monoisotopic (exact) mass is 433 g/mol. The van der Waals surface area contributed by atoms with E-state index in [0.717, 1.165) is 39.4 Å². The van der Waals surface area contributed by atoms with E-state index >= 15 is 0 Å². The van der Waals surface area contributed by atoms with Crippen molar-refractivity contribution < 1.29 is 23.8 Å². The molecule has 1 N–H and O–H groups in total. The van der Waals surface area contributed by atoms with Gasteiger partial charge in [0.05, 0.1) is 12.2 Å². The molecule has 0 radical (unpaired) electrons. The van der Waals surface area contributed by atoms with E-state index in [2.05, 4.69) is 29.7 Å². The Hall–Kier alpha value is -3.51. The van der Waals surface area contributed by atoms with Crippen molar-refractivity contribution in [3.05, 3.63) is 78.0 Å². The number of rotatable bonds is 10. The Morgan fingerprint density at radius 1 is 1.09 bits per heavy atom. The molecule has 0 aliphatic rings. The summed E-state index contributed by atoms with van der Waals surface area (Å²) >= 11 is 0. The largest absolute Gasteiger partial charge is 0.492 e. The van der Waals surface area contributed by atoms with Gasteiger partial charge in [0.2, 0.25) is 0 Å². The molecule has 0 bridgehead atoms. The van der Waals surface area contributed by atoms with Crippen molar-refractivity contribution in [2.75, 3.05) is 13.2 Å². The smallest absolute Gasteiger partial charge is 0.333 e. The second kappa shape index (κ2) is 9.75. The van der Waals surface area contributed by atoms with E-state index in [0.29, 0.717) is 26.2 Å². The van der Waals surface area contributed by atoms with E-state index in [1.165, 1.54) is 0 Å². The lowest BCUT2D eigenvalue weighted by Gasteiger charge is -2.14. The van der Waals surface area contributed by atoms with Crippen molar-refractivity contribution in [2.24, 2.45) is 0 Å². The Bertz CT molecular complexity index is 1160. The lowest BCUT2D eigenvalue weighted by molar-refractivity contribution is -0.149. The number of aryl methyl sites for hydroxylation is 1. The lowest BCUT2D eigenvalue weighted by Crippen LogP contribution is -2.26. The molecule has 0 saturated carbocycles. The Labute approximate surface area is 187 Å². The van der Waals surface area contributed by atoms with Gasteiger partial charge in [0.25, 0.3) is 0 Å². The molecule has 0 aliphatic heterocycles. The van der Waals surface area contributed by atoms with Crippen LogP contribution in [-0.4, -0.2) is 35.0 Å². The zero-order chi connectivity index (χ0) is 22.5. The summed E-state index contributed by atoms with van der Waals surface area (Å²) in [5.74, 6) is 0.632. The Morgan fingerprint density at radius 3 is 2.59 bits per heavy atom. The van der Waals surface area contributed by atoms with Crippen LogP contribution in [0.15, 0.2) is 71.1 Å². The number of benzene rings is 2. The lowest BCUT2D eigenvalue weighted by atomic mass is 10.1. The Morgan fingerprint density at radius 2 is 1.88 bits per heavy atom. The van der Waals surface area contributed by atoms with Crippen LogP contribution in [0.5, 0.6) is 5.75 Å². The molecule has 4 rings (SSSR count). The van der Waals surface area contributed by atoms with Gasteiger partial charge in [0.15, 0.2) is 11.9 Å². The van der Waals surface area contributed by atoms with Crippen LogP contribution in [0.1, 0.15) is 18.2 Å². The second-order valence-electron chi connectivity index (χ2n) is 7.64. The normalized spacial score (nSPS) is 12.2. The molecule has 6 nitrogen and oxygen atoms in total. The first-order chi connectivity index (χ1) is 15.5. The molecular formula is C26H27NO5. The highest BCUT2D eigenvalue weighted by atomic mass is 16.5. The number of carboxylic acid groups (broad SMARTS) is 1. The fraction of sp³-hybridized carbons (Fsp3) is 0.269. The molecule has 32 heavy (non-hydrogen) atoms. The third kappa shape index (κ3) is 4.86. The van der Waals surface area contributed by atoms with Gasteiger partial charge in [0, 0.05) is 24.1 Å². The van der Waals surface area contributed by atoms with E-state index in [1.807, 2.05) is 48.5 Å². The van der Waals surface area contributed by atoms with Crippen molar-refractivity contribution in [3.8, 4) is 17.2 Å². The first-order valence-electron chi connectivity index (χ1n) is 10.8. The summed E-state index contributed by atoms with van der Waals surface area (Å²) in [6, 6.07) is 21.7. The van der Waals surface area contributed by atoms with Crippen LogP contribution < -0.4 is 4.74 Å². The van der Waals surface area contributed by atoms with Gasteiger partial charge in [-0.2, -0.15) is 0 Å². The molecule has 2 aromatic heterocycles. The summed E-state index contributed by atoms with van der Waals surface area (Å²) < 4.78 is 19.4. The summed E-state index contributed by atoms with van der Waals surface area (Å²) in [7, 11) is 0. The fourth-order valence-electron chi connectivity index (χ4n) is 3.80. The van der Waals surface area contributed by atoms with E-state index < -0.39 is 12.1 Å². The average molecular weight is 434 g/mol. The molecule has 1 unspecified atom stereocenters. The van der Waals surface area contributed by atoms with E-state index in [9.17, 15) is 9.90 Å². The highest BCUT2D eigenvalue weighted by Crippen LogP contribution is 2.29. The molecule has 2 heterocycles. The summed E-state index contributed by atoms with van der Waals surface area (Å²) in [5.41, 5.74) is 3.92. The first-order valence-corrected chi connectivity index (χ1v) is 10.8. The molecule has 166 valence electrons. The van der Waals surface area contributed by atoms with Gasteiger partial charge in [-0.05, 0) is 55.8 Å². The molecule has 0 amide bonds. The number of nitrogens with zero attached hydrogens (tertiary/aromatic N) is 1. The molecule has 2 aromatic carbocycles. The van der Waals surface area contributed by atoms with Crippen molar-refractivity contribution in [2.45, 2.75) is 32.9 Å². The quantitative estimate of drug-likeness (QED) is 0.366.